The van der Waals surface area contributed by atoms with Gasteiger partial charge in [-0.25, -0.2) is 4.39 Å². The summed E-state index contributed by atoms with van der Waals surface area (Å²) in [5.74, 6) is -2.61. The molecule has 1 N–H and O–H groups in total. The van der Waals surface area contributed by atoms with Crippen LogP contribution in [-0.4, -0.2) is 35.0 Å². The Bertz CT molecular complexity index is 775. The summed E-state index contributed by atoms with van der Waals surface area (Å²) >= 11 is 0. The zero-order chi connectivity index (χ0) is 17.3. The summed E-state index contributed by atoms with van der Waals surface area (Å²) in [7, 11) is 0. The Morgan fingerprint density at radius 2 is 1.83 bits per heavy atom. The highest BCUT2D eigenvalue weighted by atomic mass is 19.1. The number of carboxylic acids is 1. The fraction of sp³-hybridized carbons (Fsp3) is 0.263. The Labute approximate surface area is 139 Å². The predicted octanol–water partition coefficient (Wildman–Crippen LogP) is 3.07. The second kappa shape index (κ2) is 6.43. The number of hydrogen-bond acceptors (Lipinski definition) is 2. The van der Waals surface area contributed by atoms with Gasteiger partial charge in [-0.3, -0.25) is 9.59 Å². The van der Waals surface area contributed by atoms with Crippen LogP contribution in [0.15, 0.2) is 48.5 Å². The molecule has 0 radical (unpaired) electrons. The van der Waals surface area contributed by atoms with E-state index in [1.54, 1.807) is 19.1 Å². The standard InChI is InChI=1S/C19H18FNO3/c1-12-7-8-14(9-17(12)20)18(22)21-10-15(16(11-21)19(23)24)13-5-3-2-4-6-13/h2-9,15-16H,10-11H2,1H3,(H,23,24)/t15-,16+/m1/s1. The van der Waals surface area contributed by atoms with Crippen LogP contribution in [0.25, 0.3) is 0 Å². The Morgan fingerprint density at radius 3 is 2.46 bits per heavy atom. The lowest BCUT2D eigenvalue weighted by Gasteiger charge is -2.17. The molecule has 0 bridgehead atoms. The van der Waals surface area contributed by atoms with Gasteiger partial charge in [0, 0.05) is 24.6 Å². The number of benzene rings is 2. The number of amides is 1. The molecule has 1 heterocycles. The quantitative estimate of drug-likeness (QED) is 0.942. The molecule has 2 atom stereocenters. The molecule has 24 heavy (non-hydrogen) atoms. The molecule has 0 spiro atoms. The normalized spacial score (nSPS) is 20.2. The number of rotatable bonds is 3. The van der Waals surface area contributed by atoms with E-state index in [1.807, 2.05) is 30.3 Å². The molecule has 4 nitrogen and oxygen atoms in total. The van der Waals surface area contributed by atoms with Gasteiger partial charge in [-0.1, -0.05) is 36.4 Å². The van der Waals surface area contributed by atoms with Crippen LogP contribution in [-0.2, 0) is 4.79 Å². The van der Waals surface area contributed by atoms with E-state index >= 15 is 0 Å². The van der Waals surface area contributed by atoms with Crippen molar-refractivity contribution in [2.45, 2.75) is 12.8 Å². The van der Waals surface area contributed by atoms with E-state index in [4.69, 9.17) is 0 Å². The van der Waals surface area contributed by atoms with E-state index in [1.165, 1.54) is 11.0 Å². The summed E-state index contributed by atoms with van der Waals surface area (Å²) in [5, 5.41) is 9.50. The molecule has 1 fully saturated rings. The number of halogens is 1. The topological polar surface area (TPSA) is 57.6 Å². The maximum absolute atomic E-state index is 13.7. The van der Waals surface area contributed by atoms with E-state index in [2.05, 4.69) is 0 Å². The third-order valence-electron chi connectivity index (χ3n) is 4.57. The molecule has 1 amide bonds. The number of carboxylic acid groups (broad SMARTS) is 1. The van der Waals surface area contributed by atoms with Gasteiger partial charge in [-0.2, -0.15) is 0 Å². The van der Waals surface area contributed by atoms with Crippen molar-refractivity contribution in [1.29, 1.82) is 0 Å². The van der Waals surface area contributed by atoms with Gasteiger partial charge in [0.05, 0.1) is 5.92 Å². The minimum absolute atomic E-state index is 0.128. The van der Waals surface area contributed by atoms with Crippen molar-refractivity contribution in [2.75, 3.05) is 13.1 Å². The van der Waals surface area contributed by atoms with Gasteiger partial charge in [0.1, 0.15) is 5.82 Å². The summed E-state index contributed by atoms with van der Waals surface area (Å²) in [5.41, 5.74) is 1.62. The second-order valence-corrected chi connectivity index (χ2v) is 6.14. The molecule has 1 saturated heterocycles. The first kappa shape index (κ1) is 16.2. The highest BCUT2D eigenvalue weighted by molar-refractivity contribution is 5.95. The fourth-order valence-corrected chi connectivity index (χ4v) is 3.17. The lowest BCUT2D eigenvalue weighted by Crippen LogP contribution is -2.30. The van der Waals surface area contributed by atoms with Gasteiger partial charge in [0.15, 0.2) is 0 Å². The van der Waals surface area contributed by atoms with Crippen molar-refractivity contribution < 1.29 is 19.1 Å². The zero-order valence-corrected chi connectivity index (χ0v) is 13.3. The Hall–Kier alpha value is -2.69. The molecule has 1 aliphatic rings. The molecular formula is C19H18FNO3. The third kappa shape index (κ3) is 3.02. The second-order valence-electron chi connectivity index (χ2n) is 6.14. The van der Waals surface area contributed by atoms with Crippen molar-refractivity contribution in [3.05, 3.63) is 71.0 Å². The van der Waals surface area contributed by atoms with Crippen LogP contribution in [0.4, 0.5) is 4.39 Å². The maximum atomic E-state index is 13.7. The zero-order valence-electron chi connectivity index (χ0n) is 13.3. The molecule has 0 aliphatic carbocycles. The van der Waals surface area contributed by atoms with Gasteiger partial charge in [0.25, 0.3) is 5.91 Å². The predicted molar refractivity (Wildman–Crippen MR) is 87.3 cm³/mol. The molecule has 5 heteroatoms. The number of nitrogens with zero attached hydrogens (tertiary/aromatic N) is 1. The van der Waals surface area contributed by atoms with Crippen LogP contribution in [0.1, 0.15) is 27.4 Å². The lowest BCUT2D eigenvalue weighted by molar-refractivity contribution is -0.141. The first-order valence-electron chi connectivity index (χ1n) is 7.80. The van der Waals surface area contributed by atoms with Gasteiger partial charge in [-0.15, -0.1) is 0 Å². The summed E-state index contributed by atoms with van der Waals surface area (Å²) in [6.45, 7) is 2.07. The largest absolute Gasteiger partial charge is 0.481 e. The van der Waals surface area contributed by atoms with Crippen LogP contribution < -0.4 is 0 Å². The molecule has 2 aromatic rings. The third-order valence-corrected chi connectivity index (χ3v) is 4.57. The van der Waals surface area contributed by atoms with E-state index in [-0.39, 0.29) is 23.9 Å². The highest BCUT2D eigenvalue weighted by Crippen LogP contribution is 2.33. The molecular weight excluding hydrogens is 309 g/mol. The molecule has 0 aromatic heterocycles. The lowest BCUT2D eigenvalue weighted by atomic mass is 9.89. The number of carbonyl (C=O) groups excluding carboxylic acids is 1. The Kier molecular flexibility index (Phi) is 4.34. The SMILES string of the molecule is Cc1ccc(C(=O)N2C[C@H](C(=O)O)[C@@H](c3ccccc3)C2)cc1F. The molecule has 2 aromatic carbocycles. The maximum Gasteiger partial charge on any atom is 0.308 e. The molecule has 124 valence electrons. The highest BCUT2D eigenvalue weighted by Gasteiger charge is 2.40. The summed E-state index contributed by atoms with van der Waals surface area (Å²) in [6, 6.07) is 13.7. The van der Waals surface area contributed by atoms with Crippen molar-refractivity contribution in [1.82, 2.24) is 4.90 Å². The minimum Gasteiger partial charge on any atom is -0.481 e. The van der Waals surface area contributed by atoms with Gasteiger partial charge < -0.3 is 10.0 Å². The van der Waals surface area contributed by atoms with E-state index < -0.39 is 17.7 Å². The van der Waals surface area contributed by atoms with Crippen molar-refractivity contribution in [3.8, 4) is 0 Å². The van der Waals surface area contributed by atoms with Gasteiger partial charge in [0.2, 0.25) is 0 Å². The number of aryl methyl sites for hydroxylation is 1. The van der Waals surface area contributed by atoms with Crippen molar-refractivity contribution in [2.24, 2.45) is 5.92 Å². The van der Waals surface area contributed by atoms with Crippen molar-refractivity contribution in [3.63, 3.8) is 0 Å². The average molecular weight is 327 g/mol. The smallest absolute Gasteiger partial charge is 0.308 e. The van der Waals surface area contributed by atoms with Gasteiger partial charge >= 0.3 is 5.97 Å². The van der Waals surface area contributed by atoms with Crippen LogP contribution in [0, 0.1) is 18.7 Å². The van der Waals surface area contributed by atoms with E-state index in [0.717, 1.165) is 5.56 Å². The number of likely N-dealkylation sites (tertiary alicyclic amines) is 1. The first-order valence-corrected chi connectivity index (χ1v) is 7.80. The Balaban J connectivity index is 1.86. The van der Waals surface area contributed by atoms with Gasteiger partial charge in [-0.05, 0) is 30.2 Å². The Morgan fingerprint density at radius 1 is 1.12 bits per heavy atom. The van der Waals surface area contributed by atoms with Crippen LogP contribution in [0.3, 0.4) is 0 Å². The molecule has 1 aliphatic heterocycles. The average Bonchev–Trinajstić information content (AvgIpc) is 3.03. The summed E-state index contributed by atoms with van der Waals surface area (Å²) in [4.78, 5) is 25.7. The van der Waals surface area contributed by atoms with E-state index in [9.17, 15) is 19.1 Å². The monoisotopic (exact) mass is 327 g/mol. The van der Waals surface area contributed by atoms with E-state index in [0.29, 0.717) is 12.1 Å². The number of aliphatic carboxylic acids is 1. The molecule has 0 unspecified atom stereocenters. The van der Waals surface area contributed by atoms with Crippen LogP contribution in [0.5, 0.6) is 0 Å². The first-order chi connectivity index (χ1) is 11.5. The fourth-order valence-electron chi connectivity index (χ4n) is 3.17. The minimum atomic E-state index is -0.922. The molecule has 0 saturated carbocycles. The number of hydrogen-bond donors (Lipinski definition) is 1. The van der Waals surface area contributed by atoms with Crippen LogP contribution >= 0.6 is 0 Å². The van der Waals surface area contributed by atoms with Crippen LogP contribution in [0.2, 0.25) is 0 Å². The number of carbonyl (C=O) groups is 2. The molecule has 3 rings (SSSR count). The summed E-state index contributed by atoms with van der Waals surface area (Å²) < 4.78 is 13.7. The van der Waals surface area contributed by atoms with Crippen molar-refractivity contribution >= 4 is 11.9 Å². The summed E-state index contributed by atoms with van der Waals surface area (Å²) in [6.07, 6.45) is 0.